The van der Waals surface area contributed by atoms with E-state index in [1.165, 1.54) is 5.56 Å². The number of benzene rings is 2. The molecule has 2 rings (SSSR count). The molecule has 1 N–H and O–H groups in total. The van der Waals surface area contributed by atoms with E-state index in [9.17, 15) is 5.11 Å². The Morgan fingerprint density at radius 1 is 1.04 bits per heavy atom. The highest BCUT2D eigenvalue weighted by Crippen LogP contribution is 2.25. The Morgan fingerprint density at radius 2 is 1.70 bits per heavy atom. The topological polar surface area (TPSA) is 29.5 Å². The summed E-state index contributed by atoms with van der Waals surface area (Å²) in [5.41, 5.74) is 3.23. The minimum Gasteiger partial charge on any atom is -0.384 e. The molecule has 0 aliphatic carbocycles. The SMILES string of the molecule is CCC/C(=C\CCOCc1ccccc1)C(O)c1ccccc1. The van der Waals surface area contributed by atoms with E-state index >= 15 is 0 Å². The van der Waals surface area contributed by atoms with Gasteiger partial charge in [0.15, 0.2) is 0 Å². The van der Waals surface area contributed by atoms with Crippen LogP contribution in [0.4, 0.5) is 0 Å². The molecule has 0 radical (unpaired) electrons. The fraction of sp³-hybridized carbons (Fsp3) is 0.333. The molecule has 0 aliphatic heterocycles. The summed E-state index contributed by atoms with van der Waals surface area (Å²) in [6, 6.07) is 20.0. The molecule has 2 aromatic rings. The maximum absolute atomic E-state index is 10.5. The number of aliphatic hydroxyl groups is 1. The molecule has 23 heavy (non-hydrogen) atoms. The molecule has 0 aromatic heterocycles. The van der Waals surface area contributed by atoms with Crippen LogP contribution >= 0.6 is 0 Å². The van der Waals surface area contributed by atoms with Crippen LogP contribution in [0.15, 0.2) is 72.3 Å². The lowest BCUT2D eigenvalue weighted by Crippen LogP contribution is -2.02. The summed E-state index contributed by atoms with van der Waals surface area (Å²) >= 11 is 0. The van der Waals surface area contributed by atoms with Crippen LogP contribution in [0.3, 0.4) is 0 Å². The smallest absolute Gasteiger partial charge is 0.100 e. The van der Waals surface area contributed by atoms with Crippen LogP contribution in [0, 0.1) is 0 Å². The maximum Gasteiger partial charge on any atom is 0.100 e. The highest BCUT2D eigenvalue weighted by Gasteiger charge is 2.11. The van der Waals surface area contributed by atoms with Gasteiger partial charge < -0.3 is 9.84 Å². The first-order valence-electron chi connectivity index (χ1n) is 8.35. The van der Waals surface area contributed by atoms with Gasteiger partial charge in [-0.1, -0.05) is 80.1 Å². The highest BCUT2D eigenvalue weighted by molar-refractivity contribution is 5.26. The summed E-state index contributed by atoms with van der Waals surface area (Å²) in [4.78, 5) is 0. The molecular weight excluding hydrogens is 284 g/mol. The van der Waals surface area contributed by atoms with Gasteiger partial charge in [0.25, 0.3) is 0 Å². The van der Waals surface area contributed by atoms with Gasteiger partial charge in [-0.15, -0.1) is 0 Å². The van der Waals surface area contributed by atoms with Crippen molar-refractivity contribution >= 4 is 0 Å². The second kappa shape index (κ2) is 9.98. The van der Waals surface area contributed by atoms with E-state index in [2.05, 4.69) is 25.1 Å². The quantitative estimate of drug-likeness (QED) is 0.518. The first kappa shape index (κ1) is 17.5. The molecule has 0 heterocycles. The summed E-state index contributed by atoms with van der Waals surface area (Å²) in [5, 5.41) is 10.5. The molecule has 0 amide bonds. The van der Waals surface area contributed by atoms with Crippen molar-refractivity contribution in [2.45, 2.75) is 38.9 Å². The van der Waals surface area contributed by atoms with Crippen molar-refractivity contribution in [3.63, 3.8) is 0 Å². The first-order valence-corrected chi connectivity index (χ1v) is 8.35. The van der Waals surface area contributed by atoms with E-state index in [-0.39, 0.29) is 0 Å². The van der Waals surface area contributed by atoms with E-state index in [1.807, 2.05) is 48.5 Å². The molecule has 0 saturated carbocycles. The van der Waals surface area contributed by atoms with Crippen LogP contribution < -0.4 is 0 Å². The minimum atomic E-state index is -0.509. The zero-order valence-corrected chi connectivity index (χ0v) is 13.8. The third-order valence-corrected chi connectivity index (χ3v) is 3.79. The molecule has 2 heteroatoms. The maximum atomic E-state index is 10.5. The summed E-state index contributed by atoms with van der Waals surface area (Å²) in [5.74, 6) is 0. The number of rotatable bonds is 9. The normalized spacial score (nSPS) is 13.0. The standard InChI is InChI=1S/C21H26O2/c1-2-10-19(21(22)20-13-7-4-8-14-20)15-9-16-23-17-18-11-5-3-6-12-18/h3-8,11-15,21-22H,2,9-10,16-17H2,1H3/b19-15+. The van der Waals surface area contributed by atoms with Gasteiger partial charge in [-0.3, -0.25) is 0 Å². The van der Waals surface area contributed by atoms with Crippen LogP contribution in [0.1, 0.15) is 43.4 Å². The fourth-order valence-electron chi connectivity index (χ4n) is 2.58. The molecular formula is C21H26O2. The number of hydrogen-bond donors (Lipinski definition) is 1. The summed E-state index contributed by atoms with van der Waals surface area (Å²) < 4.78 is 5.71. The molecule has 0 fully saturated rings. The van der Waals surface area contributed by atoms with E-state index in [4.69, 9.17) is 4.74 Å². The van der Waals surface area contributed by atoms with Crippen LogP contribution in [-0.2, 0) is 11.3 Å². The summed E-state index contributed by atoms with van der Waals surface area (Å²) in [6.45, 7) is 3.44. The molecule has 1 atom stereocenters. The van der Waals surface area contributed by atoms with Gasteiger partial charge in [0, 0.05) is 0 Å². The molecule has 0 aliphatic rings. The van der Waals surface area contributed by atoms with Gasteiger partial charge >= 0.3 is 0 Å². The van der Waals surface area contributed by atoms with Crippen molar-refractivity contribution in [1.82, 2.24) is 0 Å². The van der Waals surface area contributed by atoms with Gasteiger partial charge in [-0.25, -0.2) is 0 Å². The predicted molar refractivity (Wildman–Crippen MR) is 95.1 cm³/mol. The molecule has 0 bridgehead atoms. The van der Waals surface area contributed by atoms with Gasteiger partial charge in [0.2, 0.25) is 0 Å². The Labute approximate surface area is 139 Å². The van der Waals surface area contributed by atoms with Gasteiger partial charge in [0.05, 0.1) is 13.2 Å². The van der Waals surface area contributed by atoms with Crippen LogP contribution in [-0.4, -0.2) is 11.7 Å². The van der Waals surface area contributed by atoms with Crippen molar-refractivity contribution in [2.24, 2.45) is 0 Å². The predicted octanol–water partition coefficient (Wildman–Crippen LogP) is 5.05. The van der Waals surface area contributed by atoms with Crippen LogP contribution in [0.2, 0.25) is 0 Å². The lowest BCUT2D eigenvalue weighted by molar-refractivity contribution is 0.124. The molecule has 0 saturated heterocycles. The zero-order valence-electron chi connectivity index (χ0n) is 13.8. The van der Waals surface area contributed by atoms with Crippen molar-refractivity contribution < 1.29 is 9.84 Å². The van der Waals surface area contributed by atoms with Crippen molar-refractivity contribution in [3.8, 4) is 0 Å². The Hall–Kier alpha value is -1.90. The van der Waals surface area contributed by atoms with Crippen LogP contribution in [0.5, 0.6) is 0 Å². The van der Waals surface area contributed by atoms with E-state index < -0.39 is 6.10 Å². The third-order valence-electron chi connectivity index (χ3n) is 3.79. The molecule has 0 spiro atoms. The second-order valence-electron chi connectivity index (χ2n) is 5.67. The lowest BCUT2D eigenvalue weighted by Gasteiger charge is -2.15. The monoisotopic (exact) mass is 310 g/mol. The summed E-state index contributed by atoms with van der Waals surface area (Å²) in [6.07, 6.45) is 4.39. The lowest BCUT2D eigenvalue weighted by atomic mass is 9.97. The number of ether oxygens (including phenoxy) is 1. The van der Waals surface area contributed by atoms with E-state index in [0.717, 1.165) is 30.4 Å². The van der Waals surface area contributed by atoms with Crippen molar-refractivity contribution in [1.29, 1.82) is 0 Å². The molecule has 2 aromatic carbocycles. The minimum absolute atomic E-state index is 0.509. The fourth-order valence-corrected chi connectivity index (χ4v) is 2.58. The molecule has 122 valence electrons. The van der Waals surface area contributed by atoms with Crippen molar-refractivity contribution in [3.05, 3.63) is 83.4 Å². The first-order chi connectivity index (χ1) is 11.3. The Morgan fingerprint density at radius 3 is 2.35 bits per heavy atom. The third kappa shape index (κ3) is 6.01. The number of aliphatic hydroxyl groups excluding tert-OH is 1. The van der Waals surface area contributed by atoms with Gasteiger partial charge in [-0.2, -0.15) is 0 Å². The molecule has 1 unspecified atom stereocenters. The van der Waals surface area contributed by atoms with E-state index in [1.54, 1.807) is 0 Å². The zero-order chi connectivity index (χ0) is 16.3. The molecule has 2 nitrogen and oxygen atoms in total. The van der Waals surface area contributed by atoms with Crippen molar-refractivity contribution in [2.75, 3.05) is 6.61 Å². The van der Waals surface area contributed by atoms with Gasteiger partial charge in [-0.05, 0) is 29.5 Å². The highest BCUT2D eigenvalue weighted by atomic mass is 16.5. The Balaban J connectivity index is 1.84. The number of hydrogen-bond acceptors (Lipinski definition) is 2. The van der Waals surface area contributed by atoms with Crippen LogP contribution in [0.25, 0.3) is 0 Å². The Kier molecular flexibility index (Phi) is 7.58. The average molecular weight is 310 g/mol. The largest absolute Gasteiger partial charge is 0.384 e. The van der Waals surface area contributed by atoms with E-state index in [0.29, 0.717) is 13.2 Å². The Bertz CT molecular complexity index is 575. The average Bonchev–Trinajstić information content (AvgIpc) is 2.61. The second-order valence-corrected chi connectivity index (χ2v) is 5.67. The summed E-state index contributed by atoms with van der Waals surface area (Å²) in [7, 11) is 0. The van der Waals surface area contributed by atoms with Gasteiger partial charge in [0.1, 0.15) is 6.10 Å².